The predicted molar refractivity (Wildman–Crippen MR) is 126 cm³/mol. The van der Waals surface area contributed by atoms with Crippen molar-refractivity contribution >= 4 is 33.8 Å². The third kappa shape index (κ3) is 4.05. The molecular formula is C26H27N3O3. The topological polar surface area (TPSA) is 68.5 Å². The lowest BCUT2D eigenvalue weighted by molar-refractivity contribution is 0.0488. The van der Waals surface area contributed by atoms with Crippen molar-refractivity contribution in [2.24, 2.45) is 5.92 Å². The molecule has 0 bridgehead atoms. The van der Waals surface area contributed by atoms with E-state index in [0.717, 1.165) is 41.7 Å². The van der Waals surface area contributed by atoms with Gasteiger partial charge < -0.3 is 14.1 Å². The first-order chi connectivity index (χ1) is 15.5. The highest BCUT2D eigenvalue weighted by molar-refractivity contribution is 5.95. The van der Waals surface area contributed by atoms with Gasteiger partial charge >= 0.3 is 5.97 Å². The van der Waals surface area contributed by atoms with E-state index in [4.69, 9.17) is 19.1 Å². The summed E-state index contributed by atoms with van der Waals surface area (Å²) in [5, 5.41) is 1.03. The number of esters is 1. The molecule has 164 valence electrons. The number of benzene rings is 2. The van der Waals surface area contributed by atoms with E-state index in [1.807, 2.05) is 43.4 Å². The highest BCUT2D eigenvalue weighted by Crippen LogP contribution is 2.37. The quantitative estimate of drug-likeness (QED) is 0.344. The number of para-hydroxylation sites is 1. The molecule has 2 aromatic carbocycles. The summed E-state index contributed by atoms with van der Waals surface area (Å²) in [5.41, 5.74) is 3.42. The lowest BCUT2D eigenvalue weighted by atomic mass is 10.1. The molecule has 0 atom stereocenters. The Morgan fingerprint density at radius 1 is 1.12 bits per heavy atom. The van der Waals surface area contributed by atoms with E-state index < -0.39 is 0 Å². The van der Waals surface area contributed by atoms with Gasteiger partial charge in [-0.1, -0.05) is 32.0 Å². The van der Waals surface area contributed by atoms with Crippen LogP contribution in [-0.4, -0.2) is 35.6 Å². The van der Waals surface area contributed by atoms with E-state index in [9.17, 15) is 4.79 Å². The fraction of sp³-hybridized carbons (Fsp3) is 0.346. The Morgan fingerprint density at radius 2 is 1.94 bits per heavy atom. The van der Waals surface area contributed by atoms with Gasteiger partial charge in [0.05, 0.1) is 23.2 Å². The fourth-order valence-electron chi connectivity index (χ4n) is 3.79. The highest BCUT2D eigenvalue weighted by Gasteiger charge is 2.30. The molecule has 6 heteroatoms. The molecule has 5 rings (SSSR count). The zero-order chi connectivity index (χ0) is 22.2. The molecule has 0 spiro atoms. The van der Waals surface area contributed by atoms with E-state index in [-0.39, 0.29) is 5.97 Å². The second-order valence-electron chi connectivity index (χ2n) is 8.91. The monoisotopic (exact) mass is 429 g/mol. The van der Waals surface area contributed by atoms with Crippen molar-refractivity contribution < 1.29 is 13.9 Å². The standard InChI is InChI=1S/C26H27N3O3/c1-16(2)12-13-31-26(30)18-8-11-20-21(14-18)28-25(29(3)19-9-10-19)24(27-20)23-15-17-6-4-5-7-22(17)32-23/h4-8,11,14-16,19H,9-10,12-13H2,1-3H3. The molecule has 1 fully saturated rings. The van der Waals surface area contributed by atoms with E-state index >= 15 is 0 Å². The zero-order valence-electron chi connectivity index (χ0n) is 18.7. The molecule has 0 radical (unpaired) electrons. The van der Waals surface area contributed by atoms with E-state index in [2.05, 4.69) is 18.7 Å². The normalized spacial score (nSPS) is 13.8. The Morgan fingerprint density at radius 3 is 2.69 bits per heavy atom. The number of carbonyl (C=O) groups is 1. The lowest BCUT2D eigenvalue weighted by Crippen LogP contribution is -2.22. The van der Waals surface area contributed by atoms with Gasteiger partial charge in [-0.2, -0.15) is 0 Å². The van der Waals surface area contributed by atoms with Gasteiger partial charge in [-0.15, -0.1) is 0 Å². The summed E-state index contributed by atoms with van der Waals surface area (Å²) >= 11 is 0. The molecule has 4 aromatic rings. The van der Waals surface area contributed by atoms with Crippen LogP contribution >= 0.6 is 0 Å². The Hall–Kier alpha value is -3.41. The van der Waals surface area contributed by atoms with Crippen LogP contribution in [0.3, 0.4) is 0 Å². The molecular weight excluding hydrogens is 402 g/mol. The molecule has 0 N–H and O–H groups in total. The van der Waals surface area contributed by atoms with Crippen molar-refractivity contribution in [1.29, 1.82) is 0 Å². The number of hydrogen-bond donors (Lipinski definition) is 0. The largest absolute Gasteiger partial charge is 0.462 e. The van der Waals surface area contributed by atoms with Crippen LogP contribution in [-0.2, 0) is 4.74 Å². The molecule has 2 heterocycles. The van der Waals surface area contributed by atoms with Crippen LogP contribution in [0.1, 0.15) is 43.5 Å². The number of furan rings is 1. The average molecular weight is 430 g/mol. The molecule has 32 heavy (non-hydrogen) atoms. The molecule has 0 amide bonds. The number of carbonyl (C=O) groups excluding carboxylic acids is 1. The molecule has 0 aliphatic heterocycles. The van der Waals surface area contributed by atoms with Crippen LogP contribution in [0.25, 0.3) is 33.5 Å². The average Bonchev–Trinajstić information content (AvgIpc) is 3.55. The first-order valence-electron chi connectivity index (χ1n) is 11.2. The maximum atomic E-state index is 12.5. The number of fused-ring (bicyclic) bond motifs is 2. The number of aromatic nitrogens is 2. The van der Waals surface area contributed by atoms with Crippen molar-refractivity contribution in [3.05, 3.63) is 54.1 Å². The second kappa shape index (κ2) is 8.26. The Kier molecular flexibility index (Phi) is 5.29. The summed E-state index contributed by atoms with van der Waals surface area (Å²) in [6, 6.07) is 15.7. The molecule has 2 aromatic heterocycles. The Bertz CT molecular complexity index is 1260. The minimum absolute atomic E-state index is 0.326. The third-order valence-corrected chi connectivity index (χ3v) is 5.90. The van der Waals surface area contributed by atoms with Gasteiger partial charge in [0.15, 0.2) is 11.6 Å². The number of hydrogen-bond acceptors (Lipinski definition) is 6. The second-order valence-corrected chi connectivity index (χ2v) is 8.91. The smallest absolute Gasteiger partial charge is 0.338 e. The lowest BCUT2D eigenvalue weighted by Gasteiger charge is -2.20. The maximum absolute atomic E-state index is 12.5. The number of rotatable bonds is 7. The van der Waals surface area contributed by atoms with Gasteiger partial charge in [0, 0.05) is 18.5 Å². The van der Waals surface area contributed by atoms with Gasteiger partial charge in [0.1, 0.15) is 11.3 Å². The first-order valence-corrected chi connectivity index (χ1v) is 11.2. The number of ether oxygens (including phenoxy) is 1. The van der Waals surface area contributed by atoms with Gasteiger partial charge in [-0.3, -0.25) is 0 Å². The Balaban J connectivity index is 1.55. The highest BCUT2D eigenvalue weighted by atomic mass is 16.5. The van der Waals surface area contributed by atoms with Crippen LogP contribution in [0, 0.1) is 5.92 Å². The van der Waals surface area contributed by atoms with Crippen molar-refractivity contribution in [2.75, 3.05) is 18.6 Å². The van der Waals surface area contributed by atoms with Gasteiger partial charge in [-0.25, -0.2) is 14.8 Å². The van der Waals surface area contributed by atoms with Crippen LogP contribution in [0.15, 0.2) is 52.9 Å². The molecule has 0 saturated heterocycles. The predicted octanol–water partition coefficient (Wildman–Crippen LogP) is 5.84. The van der Waals surface area contributed by atoms with Crippen molar-refractivity contribution in [1.82, 2.24) is 9.97 Å². The minimum Gasteiger partial charge on any atom is -0.462 e. The summed E-state index contributed by atoms with van der Waals surface area (Å²) < 4.78 is 11.5. The fourth-order valence-corrected chi connectivity index (χ4v) is 3.79. The van der Waals surface area contributed by atoms with E-state index in [0.29, 0.717) is 40.9 Å². The van der Waals surface area contributed by atoms with Crippen LogP contribution in [0.4, 0.5) is 5.82 Å². The Labute approximate surface area is 187 Å². The number of anilines is 1. The summed E-state index contributed by atoms with van der Waals surface area (Å²) in [4.78, 5) is 24.5. The van der Waals surface area contributed by atoms with Gasteiger partial charge in [-0.05, 0) is 55.5 Å². The summed E-state index contributed by atoms with van der Waals surface area (Å²) in [6.07, 6.45) is 3.12. The van der Waals surface area contributed by atoms with Crippen molar-refractivity contribution in [3.63, 3.8) is 0 Å². The van der Waals surface area contributed by atoms with Crippen LogP contribution in [0.2, 0.25) is 0 Å². The summed E-state index contributed by atoms with van der Waals surface area (Å²) in [6.45, 7) is 4.63. The van der Waals surface area contributed by atoms with Crippen LogP contribution in [0.5, 0.6) is 0 Å². The molecule has 1 saturated carbocycles. The molecule has 1 aliphatic carbocycles. The first kappa shape index (κ1) is 20.5. The summed E-state index contributed by atoms with van der Waals surface area (Å²) in [5.74, 6) is 1.62. The summed E-state index contributed by atoms with van der Waals surface area (Å²) in [7, 11) is 2.05. The van der Waals surface area contributed by atoms with E-state index in [1.165, 1.54) is 0 Å². The van der Waals surface area contributed by atoms with E-state index in [1.54, 1.807) is 12.1 Å². The molecule has 1 aliphatic rings. The SMILES string of the molecule is CC(C)CCOC(=O)c1ccc2nc(-c3cc4ccccc4o3)c(N(C)C3CC3)nc2c1. The maximum Gasteiger partial charge on any atom is 0.338 e. The van der Waals surface area contributed by atoms with Crippen molar-refractivity contribution in [3.8, 4) is 11.5 Å². The molecule has 6 nitrogen and oxygen atoms in total. The van der Waals surface area contributed by atoms with Gasteiger partial charge in [0.2, 0.25) is 0 Å². The zero-order valence-corrected chi connectivity index (χ0v) is 18.7. The third-order valence-electron chi connectivity index (χ3n) is 5.90. The minimum atomic E-state index is -0.326. The van der Waals surface area contributed by atoms with Crippen LogP contribution < -0.4 is 4.90 Å². The van der Waals surface area contributed by atoms with Gasteiger partial charge in [0.25, 0.3) is 0 Å². The number of nitrogens with zero attached hydrogens (tertiary/aromatic N) is 3. The van der Waals surface area contributed by atoms with Crippen molar-refractivity contribution in [2.45, 2.75) is 39.2 Å². The molecule has 0 unspecified atom stereocenters.